The highest BCUT2D eigenvalue weighted by Gasteiger charge is 2.24. The molecule has 0 aliphatic carbocycles. The van der Waals surface area contributed by atoms with E-state index in [2.05, 4.69) is 10.3 Å². The maximum absolute atomic E-state index is 11.2. The maximum atomic E-state index is 11.2. The van der Waals surface area contributed by atoms with E-state index in [0.717, 1.165) is 27.9 Å². The van der Waals surface area contributed by atoms with Crippen molar-refractivity contribution in [3.05, 3.63) is 89.6 Å². The number of hydrogen-bond donors (Lipinski definition) is 4. The van der Waals surface area contributed by atoms with Crippen molar-refractivity contribution in [1.82, 2.24) is 10.3 Å². The summed E-state index contributed by atoms with van der Waals surface area (Å²) in [5, 5.41) is 22.3. The van der Waals surface area contributed by atoms with E-state index in [1.165, 1.54) is 0 Å². The van der Waals surface area contributed by atoms with Crippen molar-refractivity contribution in [3.8, 4) is 11.3 Å². The van der Waals surface area contributed by atoms with Gasteiger partial charge in [0, 0.05) is 17.8 Å². The number of aryl methyl sites for hydroxylation is 1. The van der Waals surface area contributed by atoms with Crippen LogP contribution in [0.1, 0.15) is 23.1 Å². The monoisotopic (exact) mass is 419 g/mol. The summed E-state index contributed by atoms with van der Waals surface area (Å²) in [5.41, 5.74) is 11.4. The lowest BCUT2D eigenvalue weighted by molar-refractivity contribution is 0.105. The van der Waals surface area contributed by atoms with Crippen molar-refractivity contribution < 1.29 is 15.0 Å². The number of amides is 1. The van der Waals surface area contributed by atoms with Gasteiger partial charge < -0.3 is 21.3 Å². The Bertz CT molecular complexity index is 960. The molecule has 3 atom stereocenters. The average molecular weight is 420 g/mol. The zero-order chi connectivity index (χ0) is 22.2. The second-order valence-electron chi connectivity index (χ2n) is 7.93. The summed E-state index contributed by atoms with van der Waals surface area (Å²) in [6.45, 7) is 2.01. The number of pyridine rings is 1. The molecule has 0 radical (unpaired) electrons. The summed E-state index contributed by atoms with van der Waals surface area (Å²) in [7, 11) is 0. The Morgan fingerprint density at radius 1 is 1.00 bits per heavy atom. The Labute approximate surface area is 182 Å². The van der Waals surface area contributed by atoms with E-state index < -0.39 is 18.2 Å². The average Bonchev–Trinajstić information content (AvgIpc) is 2.75. The third-order valence-electron chi connectivity index (χ3n) is 5.27. The number of nitrogens with two attached hydrogens (primary N) is 1. The molecule has 0 aliphatic rings. The first-order chi connectivity index (χ1) is 14.9. The van der Waals surface area contributed by atoms with Gasteiger partial charge in [-0.3, -0.25) is 4.98 Å². The maximum Gasteiger partial charge on any atom is 0.404 e. The highest BCUT2D eigenvalue weighted by Crippen LogP contribution is 2.19. The van der Waals surface area contributed by atoms with E-state index in [9.17, 15) is 9.90 Å². The summed E-state index contributed by atoms with van der Waals surface area (Å²) in [6, 6.07) is 20.7. The van der Waals surface area contributed by atoms with Crippen LogP contribution in [0.15, 0.2) is 72.9 Å². The molecule has 0 bridgehead atoms. The highest BCUT2D eigenvalue weighted by molar-refractivity contribution is 5.65. The van der Waals surface area contributed by atoms with Crippen LogP contribution < -0.4 is 11.1 Å². The number of hydrogen-bond acceptors (Lipinski definition) is 4. The molecule has 1 aromatic heterocycles. The smallest absolute Gasteiger partial charge is 0.404 e. The number of nitrogens with one attached hydrogen (secondary N) is 1. The zero-order valence-corrected chi connectivity index (χ0v) is 17.6. The minimum atomic E-state index is -1.16. The Morgan fingerprint density at radius 2 is 1.68 bits per heavy atom. The number of carbonyl (C=O) groups is 1. The third kappa shape index (κ3) is 6.91. The molecule has 3 aromatic rings. The van der Waals surface area contributed by atoms with Crippen LogP contribution in [0.4, 0.5) is 4.79 Å². The lowest BCUT2D eigenvalue weighted by Gasteiger charge is -2.25. The van der Waals surface area contributed by atoms with E-state index in [1.807, 2.05) is 79.9 Å². The van der Waals surface area contributed by atoms with Crippen molar-refractivity contribution in [2.75, 3.05) is 0 Å². The van der Waals surface area contributed by atoms with E-state index in [1.54, 1.807) is 0 Å². The fraction of sp³-hybridized carbons (Fsp3) is 0.280. The molecule has 5 N–H and O–H groups in total. The summed E-state index contributed by atoms with van der Waals surface area (Å²) in [5.74, 6) is 0. The molecule has 31 heavy (non-hydrogen) atoms. The first kappa shape index (κ1) is 22.5. The zero-order valence-electron chi connectivity index (χ0n) is 17.6. The molecule has 0 spiro atoms. The number of aliphatic hydroxyl groups excluding tert-OH is 1. The standard InChI is InChI=1S/C25H29N3O3/c1-17-7-12-22(27-16-17)20-10-8-19(9-11-20)13-21(26)15-24(29)23(28-25(30)31)14-18-5-3-2-4-6-18/h2-12,16,21,23-24,28-29H,13-15,26H2,1H3,(H,30,31)/t21-,23-,24+/m0/s1. The number of aromatic nitrogens is 1. The molecule has 2 aromatic carbocycles. The highest BCUT2D eigenvalue weighted by atomic mass is 16.4. The number of rotatable bonds is 9. The molecule has 3 rings (SSSR count). The van der Waals surface area contributed by atoms with Crippen molar-refractivity contribution in [2.45, 2.75) is 44.4 Å². The van der Waals surface area contributed by atoms with Crippen LogP contribution in [0.5, 0.6) is 0 Å². The largest absolute Gasteiger partial charge is 0.465 e. The van der Waals surface area contributed by atoms with Gasteiger partial charge in [-0.15, -0.1) is 0 Å². The summed E-state index contributed by atoms with van der Waals surface area (Å²) in [4.78, 5) is 15.6. The SMILES string of the molecule is Cc1ccc(-c2ccc(C[C@H](N)C[C@@H](O)[C@H](Cc3ccccc3)NC(=O)O)cc2)nc1. The van der Waals surface area contributed by atoms with E-state index in [-0.39, 0.29) is 6.04 Å². The number of nitrogens with zero attached hydrogens (tertiary/aromatic N) is 1. The van der Waals surface area contributed by atoms with Gasteiger partial charge in [0.15, 0.2) is 0 Å². The summed E-state index contributed by atoms with van der Waals surface area (Å²) in [6.07, 6.45) is 1.08. The van der Waals surface area contributed by atoms with E-state index in [0.29, 0.717) is 19.3 Å². The van der Waals surface area contributed by atoms with Crippen molar-refractivity contribution in [2.24, 2.45) is 5.73 Å². The molecule has 0 saturated heterocycles. The number of benzene rings is 2. The molecule has 6 heteroatoms. The number of aliphatic hydroxyl groups is 1. The quantitative estimate of drug-likeness (QED) is 0.424. The van der Waals surface area contributed by atoms with Gasteiger partial charge in [-0.1, -0.05) is 60.7 Å². The van der Waals surface area contributed by atoms with Crippen LogP contribution in [-0.4, -0.2) is 39.5 Å². The van der Waals surface area contributed by atoms with Gasteiger partial charge >= 0.3 is 6.09 Å². The van der Waals surface area contributed by atoms with Crippen LogP contribution in [0.2, 0.25) is 0 Å². The predicted octanol–water partition coefficient (Wildman–Crippen LogP) is 3.56. The molecular weight excluding hydrogens is 390 g/mol. The molecule has 0 unspecified atom stereocenters. The lowest BCUT2D eigenvalue weighted by atomic mass is 9.94. The molecule has 0 aliphatic heterocycles. The fourth-order valence-electron chi connectivity index (χ4n) is 3.62. The first-order valence-electron chi connectivity index (χ1n) is 10.4. The van der Waals surface area contributed by atoms with Gasteiger partial charge in [0.2, 0.25) is 0 Å². The Hall–Kier alpha value is -3.22. The second kappa shape index (κ2) is 10.7. The van der Waals surface area contributed by atoms with E-state index >= 15 is 0 Å². The topological polar surface area (TPSA) is 108 Å². The molecule has 0 fully saturated rings. The molecule has 6 nitrogen and oxygen atoms in total. The molecule has 1 heterocycles. The Balaban J connectivity index is 1.59. The predicted molar refractivity (Wildman–Crippen MR) is 122 cm³/mol. The van der Waals surface area contributed by atoms with Crippen molar-refractivity contribution in [1.29, 1.82) is 0 Å². The van der Waals surface area contributed by atoms with Crippen molar-refractivity contribution in [3.63, 3.8) is 0 Å². The van der Waals surface area contributed by atoms with Crippen LogP contribution in [0, 0.1) is 6.92 Å². The van der Waals surface area contributed by atoms with Crippen LogP contribution >= 0.6 is 0 Å². The summed E-state index contributed by atoms with van der Waals surface area (Å²) < 4.78 is 0. The minimum absolute atomic E-state index is 0.291. The van der Waals surface area contributed by atoms with Gasteiger partial charge in [0.1, 0.15) is 0 Å². The normalized spacial score (nSPS) is 13.9. The van der Waals surface area contributed by atoms with Gasteiger partial charge in [0.05, 0.1) is 17.8 Å². The van der Waals surface area contributed by atoms with E-state index in [4.69, 9.17) is 10.8 Å². The van der Waals surface area contributed by atoms with Gasteiger partial charge in [-0.2, -0.15) is 0 Å². The third-order valence-corrected chi connectivity index (χ3v) is 5.27. The number of carboxylic acid groups (broad SMARTS) is 1. The summed E-state index contributed by atoms with van der Waals surface area (Å²) >= 11 is 0. The Morgan fingerprint density at radius 3 is 2.29 bits per heavy atom. The van der Waals surface area contributed by atoms with Gasteiger partial charge in [0.25, 0.3) is 0 Å². The minimum Gasteiger partial charge on any atom is -0.465 e. The lowest BCUT2D eigenvalue weighted by Crippen LogP contribution is -2.46. The fourth-order valence-corrected chi connectivity index (χ4v) is 3.62. The molecular formula is C25H29N3O3. The Kier molecular flexibility index (Phi) is 7.76. The first-order valence-corrected chi connectivity index (χ1v) is 10.4. The van der Waals surface area contributed by atoms with Crippen molar-refractivity contribution >= 4 is 6.09 Å². The van der Waals surface area contributed by atoms with Gasteiger partial charge in [-0.25, -0.2) is 4.79 Å². The molecule has 162 valence electrons. The molecule has 1 amide bonds. The van der Waals surface area contributed by atoms with Gasteiger partial charge in [-0.05, 0) is 48.9 Å². The van der Waals surface area contributed by atoms with Crippen LogP contribution in [-0.2, 0) is 12.8 Å². The van der Waals surface area contributed by atoms with Crippen LogP contribution in [0.3, 0.4) is 0 Å². The molecule has 0 saturated carbocycles. The second-order valence-corrected chi connectivity index (χ2v) is 7.93. The van der Waals surface area contributed by atoms with Crippen LogP contribution in [0.25, 0.3) is 11.3 Å².